The molecule has 0 amide bonds. The molecule has 1 unspecified atom stereocenters. The molecule has 2 heterocycles. The number of benzene rings is 1. The van der Waals surface area contributed by atoms with E-state index in [2.05, 4.69) is 44.7 Å². The van der Waals surface area contributed by atoms with E-state index in [9.17, 15) is 0 Å². The van der Waals surface area contributed by atoms with Crippen LogP contribution in [-0.2, 0) is 6.54 Å². The van der Waals surface area contributed by atoms with Gasteiger partial charge in [-0.15, -0.1) is 0 Å². The van der Waals surface area contributed by atoms with Gasteiger partial charge in [0.2, 0.25) is 0 Å². The first-order chi connectivity index (χ1) is 10.4. The van der Waals surface area contributed by atoms with Gasteiger partial charge in [-0.2, -0.15) is 5.10 Å². The van der Waals surface area contributed by atoms with Gasteiger partial charge in [0.05, 0.1) is 5.69 Å². The van der Waals surface area contributed by atoms with E-state index >= 15 is 0 Å². The molecule has 1 aromatic carbocycles. The lowest BCUT2D eigenvalue weighted by atomic mass is 10.1. The van der Waals surface area contributed by atoms with Crippen LogP contribution in [0.15, 0.2) is 36.5 Å². The standard InChI is InChI=1S/C17H22N4/c1-3-14(17-7-9-19-20-17)4-2-13(1)11-18-15-8-10-21(12-15)16-5-6-16/h1-4,7,9,15-16,18H,5-6,8,10-12H2,(H,19,20). The predicted octanol–water partition coefficient (Wildman–Crippen LogP) is 2.40. The van der Waals surface area contributed by atoms with E-state index in [0.717, 1.165) is 18.3 Å². The first-order valence-corrected chi connectivity index (χ1v) is 7.94. The molecule has 21 heavy (non-hydrogen) atoms. The molecule has 110 valence electrons. The molecule has 1 atom stereocenters. The molecule has 0 spiro atoms. The highest BCUT2D eigenvalue weighted by molar-refractivity contribution is 5.58. The predicted molar refractivity (Wildman–Crippen MR) is 83.9 cm³/mol. The maximum absolute atomic E-state index is 3.99. The number of nitrogens with one attached hydrogen (secondary N) is 2. The van der Waals surface area contributed by atoms with Crippen molar-refractivity contribution >= 4 is 0 Å². The van der Waals surface area contributed by atoms with Gasteiger partial charge in [-0.3, -0.25) is 10.00 Å². The van der Waals surface area contributed by atoms with Crippen LogP contribution in [0.5, 0.6) is 0 Å². The van der Waals surface area contributed by atoms with E-state index in [0.29, 0.717) is 6.04 Å². The van der Waals surface area contributed by atoms with Crippen LogP contribution < -0.4 is 5.32 Å². The van der Waals surface area contributed by atoms with Crippen molar-refractivity contribution in [2.45, 2.75) is 37.9 Å². The number of aromatic amines is 1. The summed E-state index contributed by atoms with van der Waals surface area (Å²) in [7, 11) is 0. The van der Waals surface area contributed by atoms with Crippen LogP contribution in [-0.4, -0.2) is 40.3 Å². The first kappa shape index (κ1) is 13.0. The summed E-state index contributed by atoms with van der Waals surface area (Å²) in [6.07, 6.45) is 5.92. The summed E-state index contributed by atoms with van der Waals surface area (Å²) < 4.78 is 0. The summed E-state index contributed by atoms with van der Waals surface area (Å²) in [5.74, 6) is 0. The molecule has 1 saturated heterocycles. The van der Waals surface area contributed by atoms with E-state index < -0.39 is 0 Å². The summed E-state index contributed by atoms with van der Waals surface area (Å²) in [5, 5.41) is 10.7. The minimum absolute atomic E-state index is 0.665. The molecular weight excluding hydrogens is 260 g/mol. The summed E-state index contributed by atoms with van der Waals surface area (Å²) in [6.45, 7) is 3.48. The topological polar surface area (TPSA) is 44.0 Å². The summed E-state index contributed by atoms with van der Waals surface area (Å²) >= 11 is 0. The van der Waals surface area contributed by atoms with Gasteiger partial charge in [0.15, 0.2) is 0 Å². The second-order valence-corrected chi connectivity index (χ2v) is 6.26. The Bertz CT molecular complexity index is 571. The molecule has 2 aromatic rings. The van der Waals surface area contributed by atoms with Crippen molar-refractivity contribution in [3.05, 3.63) is 42.1 Å². The molecule has 1 aromatic heterocycles. The number of likely N-dealkylation sites (tertiary alicyclic amines) is 1. The van der Waals surface area contributed by atoms with Gasteiger partial charge >= 0.3 is 0 Å². The number of H-pyrrole nitrogens is 1. The monoisotopic (exact) mass is 282 g/mol. The summed E-state index contributed by atoms with van der Waals surface area (Å²) in [4.78, 5) is 2.65. The number of hydrogen-bond donors (Lipinski definition) is 2. The quantitative estimate of drug-likeness (QED) is 0.885. The zero-order valence-electron chi connectivity index (χ0n) is 12.3. The van der Waals surface area contributed by atoms with Gasteiger partial charge in [0, 0.05) is 37.9 Å². The van der Waals surface area contributed by atoms with E-state index in [1.807, 2.05) is 6.07 Å². The van der Waals surface area contributed by atoms with Gasteiger partial charge in [-0.25, -0.2) is 0 Å². The van der Waals surface area contributed by atoms with Crippen molar-refractivity contribution in [2.24, 2.45) is 0 Å². The lowest BCUT2D eigenvalue weighted by Crippen LogP contribution is -2.32. The van der Waals surface area contributed by atoms with E-state index in [1.54, 1.807) is 6.20 Å². The molecule has 1 saturated carbocycles. The molecule has 1 aliphatic heterocycles. The Morgan fingerprint density at radius 2 is 2.00 bits per heavy atom. The minimum Gasteiger partial charge on any atom is -0.309 e. The van der Waals surface area contributed by atoms with Crippen LogP contribution in [0.25, 0.3) is 11.3 Å². The largest absolute Gasteiger partial charge is 0.309 e. The van der Waals surface area contributed by atoms with Crippen molar-refractivity contribution in [1.29, 1.82) is 0 Å². The van der Waals surface area contributed by atoms with Crippen molar-refractivity contribution in [3.8, 4) is 11.3 Å². The Kier molecular flexibility index (Phi) is 3.49. The zero-order chi connectivity index (χ0) is 14.1. The molecule has 0 radical (unpaired) electrons. The van der Waals surface area contributed by atoms with Crippen molar-refractivity contribution < 1.29 is 0 Å². The molecule has 0 bridgehead atoms. The Morgan fingerprint density at radius 1 is 1.14 bits per heavy atom. The highest BCUT2D eigenvalue weighted by Gasteiger charge is 2.33. The number of rotatable bonds is 5. The molecule has 2 fully saturated rings. The highest BCUT2D eigenvalue weighted by atomic mass is 15.2. The highest BCUT2D eigenvalue weighted by Crippen LogP contribution is 2.29. The lowest BCUT2D eigenvalue weighted by molar-refractivity contribution is 0.317. The first-order valence-electron chi connectivity index (χ1n) is 7.94. The molecule has 2 aliphatic rings. The van der Waals surface area contributed by atoms with Crippen LogP contribution in [0.4, 0.5) is 0 Å². The Morgan fingerprint density at radius 3 is 2.71 bits per heavy atom. The van der Waals surface area contributed by atoms with Crippen LogP contribution in [0, 0.1) is 0 Å². The fourth-order valence-corrected chi connectivity index (χ4v) is 3.21. The van der Waals surface area contributed by atoms with Gasteiger partial charge in [-0.1, -0.05) is 24.3 Å². The fraction of sp³-hybridized carbons (Fsp3) is 0.471. The second-order valence-electron chi connectivity index (χ2n) is 6.26. The van der Waals surface area contributed by atoms with Gasteiger partial charge in [0.1, 0.15) is 0 Å². The van der Waals surface area contributed by atoms with Gasteiger partial charge in [0.25, 0.3) is 0 Å². The molecule has 4 nitrogen and oxygen atoms in total. The average molecular weight is 282 g/mol. The lowest BCUT2D eigenvalue weighted by Gasteiger charge is -2.15. The van der Waals surface area contributed by atoms with Crippen LogP contribution in [0.2, 0.25) is 0 Å². The van der Waals surface area contributed by atoms with Crippen LogP contribution >= 0.6 is 0 Å². The molecular formula is C17H22N4. The number of hydrogen-bond acceptors (Lipinski definition) is 3. The summed E-state index contributed by atoms with van der Waals surface area (Å²) in [6, 6.07) is 12.3. The van der Waals surface area contributed by atoms with Crippen molar-refractivity contribution in [3.63, 3.8) is 0 Å². The summed E-state index contributed by atoms with van der Waals surface area (Å²) in [5.41, 5.74) is 3.62. The maximum Gasteiger partial charge on any atom is 0.0650 e. The maximum atomic E-state index is 3.99. The van der Waals surface area contributed by atoms with E-state index in [-0.39, 0.29) is 0 Å². The van der Waals surface area contributed by atoms with Crippen LogP contribution in [0.3, 0.4) is 0 Å². The van der Waals surface area contributed by atoms with Gasteiger partial charge < -0.3 is 5.32 Å². The van der Waals surface area contributed by atoms with Crippen molar-refractivity contribution in [1.82, 2.24) is 20.4 Å². The van der Waals surface area contributed by atoms with E-state index in [4.69, 9.17) is 0 Å². The zero-order valence-corrected chi connectivity index (χ0v) is 12.3. The average Bonchev–Trinajstić information content (AvgIpc) is 3.04. The number of nitrogens with zero attached hydrogens (tertiary/aromatic N) is 2. The van der Waals surface area contributed by atoms with Crippen LogP contribution in [0.1, 0.15) is 24.8 Å². The molecule has 4 rings (SSSR count). The third-order valence-electron chi connectivity index (χ3n) is 4.64. The molecule has 4 heteroatoms. The third-order valence-corrected chi connectivity index (χ3v) is 4.64. The smallest absolute Gasteiger partial charge is 0.0650 e. The number of aromatic nitrogens is 2. The SMILES string of the molecule is c1cc(-c2ccc(CNC3CCN(C4CC4)C3)cc2)[nH]n1. The minimum atomic E-state index is 0.665. The Labute approximate surface area is 125 Å². The molecule has 2 N–H and O–H groups in total. The fourth-order valence-electron chi connectivity index (χ4n) is 3.21. The molecule has 1 aliphatic carbocycles. The normalized spacial score (nSPS) is 22.8. The Balaban J connectivity index is 1.31. The second kappa shape index (κ2) is 5.62. The van der Waals surface area contributed by atoms with E-state index in [1.165, 1.54) is 43.5 Å². The third kappa shape index (κ3) is 3.01. The Hall–Kier alpha value is -1.65. The van der Waals surface area contributed by atoms with Crippen molar-refractivity contribution in [2.75, 3.05) is 13.1 Å². The van der Waals surface area contributed by atoms with Gasteiger partial charge in [-0.05, 0) is 36.5 Å².